The number of pyridine rings is 1. The van der Waals surface area contributed by atoms with Crippen LogP contribution in [0.5, 0.6) is 0 Å². The predicted octanol–water partition coefficient (Wildman–Crippen LogP) is 2.99. The molecule has 0 amide bonds. The number of rotatable bonds is 1. The van der Waals surface area contributed by atoms with Gasteiger partial charge in [0.15, 0.2) is 0 Å². The first-order valence-corrected chi connectivity index (χ1v) is 4.78. The van der Waals surface area contributed by atoms with E-state index in [0.717, 1.165) is 11.8 Å². The molecule has 2 atom stereocenters. The Morgan fingerprint density at radius 1 is 1.42 bits per heavy atom. The van der Waals surface area contributed by atoms with E-state index < -0.39 is 0 Å². The standard InChI is InChI=1S/C11H15N/c1-9-4-2-6-11(9)10-5-3-7-12-8-10/h3,5,7-9,11H,2,4,6H2,1H3/t9?,11-/m0/s1. The Morgan fingerprint density at radius 2 is 2.33 bits per heavy atom. The van der Waals surface area contributed by atoms with Crippen molar-refractivity contribution >= 4 is 0 Å². The molecule has 1 saturated carbocycles. The van der Waals surface area contributed by atoms with Crippen molar-refractivity contribution < 1.29 is 0 Å². The van der Waals surface area contributed by atoms with Gasteiger partial charge < -0.3 is 0 Å². The topological polar surface area (TPSA) is 12.9 Å². The Balaban J connectivity index is 2.19. The van der Waals surface area contributed by atoms with Gasteiger partial charge in [-0.2, -0.15) is 0 Å². The lowest BCUT2D eigenvalue weighted by molar-refractivity contribution is 0.532. The molecule has 0 bridgehead atoms. The van der Waals surface area contributed by atoms with E-state index in [4.69, 9.17) is 0 Å². The monoisotopic (exact) mass is 161 g/mol. The maximum Gasteiger partial charge on any atom is 0.0302 e. The van der Waals surface area contributed by atoms with E-state index >= 15 is 0 Å². The molecule has 1 aromatic heterocycles. The molecule has 1 fully saturated rings. The Labute approximate surface area is 73.8 Å². The van der Waals surface area contributed by atoms with Gasteiger partial charge >= 0.3 is 0 Å². The summed E-state index contributed by atoms with van der Waals surface area (Å²) in [6, 6.07) is 4.25. The van der Waals surface area contributed by atoms with Crippen LogP contribution in [0.15, 0.2) is 24.5 Å². The molecule has 1 heteroatoms. The van der Waals surface area contributed by atoms with Crippen molar-refractivity contribution in [2.75, 3.05) is 0 Å². The van der Waals surface area contributed by atoms with Crippen molar-refractivity contribution in [1.29, 1.82) is 0 Å². The van der Waals surface area contributed by atoms with Gasteiger partial charge in [-0.25, -0.2) is 0 Å². The third-order valence-electron chi connectivity index (χ3n) is 2.97. The minimum Gasteiger partial charge on any atom is -0.264 e. The molecule has 0 aliphatic heterocycles. The van der Waals surface area contributed by atoms with Gasteiger partial charge in [0.1, 0.15) is 0 Å². The summed E-state index contributed by atoms with van der Waals surface area (Å²) < 4.78 is 0. The summed E-state index contributed by atoms with van der Waals surface area (Å²) in [7, 11) is 0. The van der Waals surface area contributed by atoms with Gasteiger partial charge in [-0.05, 0) is 29.9 Å². The molecular formula is C11H15N. The highest BCUT2D eigenvalue weighted by atomic mass is 14.6. The lowest BCUT2D eigenvalue weighted by Crippen LogP contribution is -2.01. The first-order chi connectivity index (χ1) is 5.88. The second-order valence-electron chi connectivity index (χ2n) is 3.80. The summed E-state index contributed by atoms with van der Waals surface area (Å²) >= 11 is 0. The van der Waals surface area contributed by atoms with Crippen LogP contribution in [0, 0.1) is 5.92 Å². The van der Waals surface area contributed by atoms with Gasteiger partial charge in [-0.3, -0.25) is 4.98 Å². The van der Waals surface area contributed by atoms with Crippen LogP contribution in [-0.4, -0.2) is 4.98 Å². The van der Waals surface area contributed by atoms with Gasteiger partial charge in [-0.1, -0.05) is 25.8 Å². The molecule has 0 spiro atoms. The second-order valence-corrected chi connectivity index (χ2v) is 3.80. The molecule has 2 rings (SSSR count). The first kappa shape index (κ1) is 7.78. The third kappa shape index (κ3) is 1.36. The molecule has 1 aliphatic carbocycles. The third-order valence-corrected chi connectivity index (χ3v) is 2.97. The molecule has 1 aromatic rings. The van der Waals surface area contributed by atoms with Crippen molar-refractivity contribution in [2.24, 2.45) is 5.92 Å². The molecule has 1 heterocycles. The Kier molecular flexibility index (Phi) is 2.11. The zero-order chi connectivity index (χ0) is 8.39. The fourth-order valence-electron chi connectivity index (χ4n) is 2.24. The largest absolute Gasteiger partial charge is 0.264 e. The molecular weight excluding hydrogens is 146 g/mol. The average Bonchev–Trinajstić information content (AvgIpc) is 2.53. The van der Waals surface area contributed by atoms with Crippen molar-refractivity contribution in [3.63, 3.8) is 0 Å². The van der Waals surface area contributed by atoms with Crippen LogP contribution >= 0.6 is 0 Å². The summed E-state index contributed by atoms with van der Waals surface area (Å²) in [4.78, 5) is 4.16. The zero-order valence-corrected chi connectivity index (χ0v) is 7.53. The molecule has 0 N–H and O–H groups in total. The highest BCUT2D eigenvalue weighted by Gasteiger charge is 2.24. The Hall–Kier alpha value is -0.850. The molecule has 0 saturated heterocycles. The minimum atomic E-state index is 0.777. The maximum atomic E-state index is 4.16. The van der Waals surface area contributed by atoms with Gasteiger partial charge in [0, 0.05) is 12.4 Å². The van der Waals surface area contributed by atoms with E-state index in [1.54, 1.807) is 0 Å². The normalized spacial score (nSPS) is 29.1. The molecule has 1 nitrogen and oxygen atoms in total. The molecule has 0 radical (unpaired) electrons. The number of hydrogen-bond donors (Lipinski definition) is 0. The zero-order valence-electron chi connectivity index (χ0n) is 7.53. The van der Waals surface area contributed by atoms with E-state index in [1.165, 1.54) is 24.8 Å². The Morgan fingerprint density at radius 3 is 2.92 bits per heavy atom. The number of hydrogen-bond acceptors (Lipinski definition) is 1. The lowest BCUT2D eigenvalue weighted by Gasteiger charge is -2.14. The minimum absolute atomic E-state index is 0.777. The van der Waals surface area contributed by atoms with Crippen LogP contribution in [0.1, 0.15) is 37.7 Å². The van der Waals surface area contributed by atoms with Crippen molar-refractivity contribution in [3.8, 4) is 0 Å². The quantitative estimate of drug-likeness (QED) is 0.617. The van der Waals surface area contributed by atoms with Gasteiger partial charge in [0.05, 0.1) is 0 Å². The predicted molar refractivity (Wildman–Crippen MR) is 50.0 cm³/mol. The Bertz CT molecular complexity index is 242. The number of nitrogens with zero attached hydrogens (tertiary/aromatic N) is 1. The maximum absolute atomic E-state index is 4.16. The molecule has 1 unspecified atom stereocenters. The average molecular weight is 161 g/mol. The molecule has 0 aromatic carbocycles. The highest BCUT2D eigenvalue weighted by molar-refractivity contribution is 5.16. The van der Waals surface area contributed by atoms with Gasteiger partial charge in [0.25, 0.3) is 0 Å². The van der Waals surface area contributed by atoms with Crippen LogP contribution in [0.4, 0.5) is 0 Å². The molecule has 64 valence electrons. The summed E-state index contributed by atoms with van der Waals surface area (Å²) in [5, 5.41) is 0. The summed E-state index contributed by atoms with van der Waals surface area (Å²) in [6.45, 7) is 2.35. The van der Waals surface area contributed by atoms with Crippen LogP contribution in [-0.2, 0) is 0 Å². The fourth-order valence-corrected chi connectivity index (χ4v) is 2.24. The van der Waals surface area contributed by atoms with Gasteiger partial charge in [0.2, 0.25) is 0 Å². The fraction of sp³-hybridized carbons (Fsp3) is 0.545. The van der Waals surface area contributed by atoms with Crippen molar-refractivity contribution in [2.45, 2.75) is 32.1 Å². The van der Waals surface area contributed by atoms with Crippen LogP contribution < -0.4 is 0 Å². The summed E-state index contributed by atoms with van der Waals surface area (Å²) in [5.41, 5.74) is 1.43. The van der Waals surface area contributed by atoms with Crippen LogP contribution in [0.25, 0.3) is 0 Å². The van der Waals surface area contributed by atoms with E-state index in [1.807, 2.05) is 18.5 Å². The van der Waals surface area contributed by atoms with E-state index in [-0.39, 0.29) is 0 Å². The summed E-state index contributed by atoms with van der Waals surface area (Å²) in [6.07, 6.45) is 8.00. The smallest absolute Gasteiger partial charge is 0.0302 e. The van der Waals surface area contributed by atoms with E-state index in [0.29, 0.717) is 0 Å². The second kappa shape index (κ2) is 3.26. The highest BCUT2D eigenvalue weighted by Crippen LogP contribution is 2.38. The summed E-state index contributed by atoms with van der Waals surface area (Å²) in [5.74, 6) is 1.63. The first-order valence-electron chi connectivity index (χ1n) is 4.78. The van der Waals surface area contributed by atoms with E-state index in [9.17, 15) is 0 Å². The van der Waals surface area contributed by atoms with Gasteiger partial charge in [-0.15, -0.1) is 0 Å². The number of aromatic nitrogens is 1. The van der Waals surface area contributed by atoms with Crippen LogP contribution in [0.2, 0.25) is 0 Å². The molecule has 1 aliphatic rings. The van der Waals surface area contributed by atoms with Crippen molar-refractivity contribution in [3.05, 3.63) is 30.1 Å². The van der Waals surface area contributed by atoms with Crippen molar-refractivity contribution in [1.82, 2.24) is 4.98 Å². The SMILES string of the molecule is CC1CCC[C@@H]1c1cccnc1. The van der Waals surface area contributed by atoms with Crippen LogP contribution in [0.3, 0.4) is 0 Å². The van der Waals surface area contributed by atoms with E-state index in [2.05, 4.69) is 18.0 Å². The lowest BCUT2D eigenvalue weighted by atomic mass is 9.92. The molecule has 12 heavy (non-hydrogen) atoms.